The molecule has 68 heavy (non-hydrogen) atoms. The largest absolute Gasteiger partial charge is 1.00 e. The minimum absolute atomic E-state index is 0. The molecule has 0 aliphatic rings. The number of carbonyl (C=O) groups is 2. The Morgan fingerprint density at radius 1 is 0.662 bits per heavy atom. The fourth-order valence-corrected chi connectivity index (χ4v) is 7.71. The van der Waals surface area contributed by atoms with Gasteiger partial charge in [-0.05, 0) is 51.0 Å². The molecule has 0 aliphatic heterocycles. The van der Waals surface area contributed by atoms with E-state index in [0.717, 1.165) is 66.4 Å². The maximum atomic E-state index is 14.7. The first-order valence-electron chi connectivity index (χ1n) is 18.4. The fraction of sp³-hybridized carbons (Fsp3) is 0.351. The molecule has 0 radical (unpaired) electrons. The molecule has 0 bridgehead atoms. The number of nitrogens with zero attached hydrogens (tertiary/aromatic N) is 2. The monoisotopic (exact) mass is 1060 g/mol. The molecule has 0 saturated carbocycles. The van der Waals surface area contributed by atoms with Gasteiger partial charge in [-0.1, -0.05) is 0 Å². The molecule has 0 spiro atoms. The molecule has 4 aromatic rings. The van der Waals surface area contributed by atoms with Gasteiger partial charge in [0.25, 0.3) is 22.9 Å². The number of sulfone groups is 2. The van der Waals surface area contributed by atoms with Crippen molar-refractivity contribution in [2.45, 2.75) is 49.3 Å². The van der Waals surface area contributed by atoms with E-state index in [0.29, 0.717) is 12.5 Å². The van der Waals surface area contributed by atoms with E-state index in [-0.39, 0.29) is 92.9 Å². The van der Waals surface area contributed by atoms with Crippen LogP contribution in [0.1, 0.15) is 26.7 Å². The van der Waals surface area contributed by atoms with Crippen LogP contribution in [0.5, 0.6) is 11.5 Å². The van der Waals surface area contributed by atoms with Crippen molar-refractivity contribution in [1.82, 2.24) is 20.1 Å². The third-order valence-corrected chi connectivity index (χ3v) is 14.7. The van der Waals surface area contributed by atoms with Crippen molar-refractivity contribution in [1.29, 1.82) is 0 Å². The van der Waals surface area contributed by atoms with Crippen molar-refractivity contribution in [2.24, 2.45) is 0 Å². The average Bonchev–Trinajstić information content (AvgIpc) is 3.20. The minimum Gasteiger partial charge on any atom is -0.788 e. The molecule has 2 amide bonds. The summed E-state index contributed by atoms with van der Waals surface area (Å²) >= 11 is 0. The Kier molecular flexibility index (Phi) is 22.8. The van der Waals surface area contributed by atoms with Crippen molar-refractivity contribution in [3.05, 3.63) is 105 Å². The number of carbonyl (C=O) groups excluding carboxylic acids is 2. The molecule has 2 aromatic carbocycles. The SMILES string of the molecule is COc1ccc(-c2cc(=O)n(CC[C@](C)(C(=O)NOP(=O)([O-])[O-])S(C)(=O)=O)cc2F)c(F)c1.COc1ccc(-c2cc(=O)n(CC[C@](C)(C(=O)NOP(C)(=O)O)S(C)(=O)=O)cc2F)c(F)c1.[Na+].[Na+]. The zero-order valence-electron chi connectivity index (χ0n) is 37.7. The molecular weight excluding hydrogens is 1020 g/mol. The molecule has 364 valence electrons. The van der Waals surface area contributed by atoms with E-state index in [1.54, 1.807) is 5.48 Å². The molecule has 0 saturated heterocycles. The fourth-order valence-electron chi connectivity index (χ4n) is 5.58. The van der Waals surface area contributed by atoms with Gasteiger partial charge in [0.2, 0.25) is 0 Å². The number of hydrogen-bond acceptors (Lipinski definition) is 16. The molecule has 3 atom stereocenters. The van der Waals surface area contributed by atoms with E-state index in [9.17, 15) is 72.5 Å². The number of halogens is 4. The van der Waals surface area contributed by atoms with Crippen molar-refractivity contribution in [3.8, 4) is 33.8 Å². The topological polar surface area (TPSA) is 308 Å². The first-order valence-corrected chi connectivity index (χ1v) is 25.6. The number of pyridine rings is 2. The molecule has 31 heteroatoms. The normalized spacial score (nSPS) is 14.2. The Morgan fingerprint density at radius 3 is 1.28 bits per heavy atom. The molecule has 4 rings (SSSR count). The van der Waals surface area contributed by atoms with Crippen molar-refractivity contribution >= 4 is 46.9 Å². The van der Waals surface area contributed by atoms with Crippen LogP contribution in [0.2, 0.25) is 0 Å². The van der Waals surface area contributed by atoms with E-state index >= 15 is 0 Å². The second-order valence-electron chi connectivity index (χ2n) is 14.6. The van der Waals surface area contributed by atoms with E-state index in [1.807, 2.05) is 0 Å². The van der Waals surface area contributed by atoms with Gasteiger partial charge in [0, 0.05) is 91.2 Å². The number of benzene rings is 2. The van der Waals surface area contributed by atoms with Gasteiger partial charge in [-0.25, -0.2) is 50.0 Å². The minimum atomic E-state index is -5.65. The number of hydrogen-bond donors (Lipinski definition) is 3. The summed E-state index contributed by atoms with van der Waals surface area (Å²) in [6.45, 7) is 1.79. The zero-order chi connectivity index (χ0) is 50.4. The van der Waals surface area contributed by atoms with Gasteiger partial charge in [0.1, 0.15) is 34.8 Å². The Balaban J connectivity index is 0.000000661. The number of aryl methyl sites for hydroxylation is 2. The number of methoxy groups -OCH3 is 2. The third kappa shape index (κ3) is 16.4. The van der Waals surface area contributed by atoms with Crippen LogP contribution in [-0.4, -0.2) is 85.6 Å². The molecule has 3 N–H and O–H groups in total. The summed E-state index contributed by atoms with van der Waals surface area (Å²) in [6, 6.07) is 8.89. The quantitative estimate of drug-likeness (QED) is 0.0368. The van der Waals surface area contributed by atoms with Crippen LogP contribution in [-0.2, 0) is 60.7 Å². The molecule has 2 heterocycles. The van der Waals surface area contributed by atoms with Crippen LogP contribution in [0.25, 0.3) is 22.3 Å². The summed E-state index contributed by atoms with van der Waals surface area (Å²) in [4.78, 5) is 79.8. The number of rotatable bonds is 18. The van der Waals surface area contributed by atoms with Gasteiger partial charge in [0.05, 0.1) is 22.0 Å². The van der Waals surface area contributed by atoms with Crippen molar-refractivity contribution in [3.63, 3.8) is 0 Å². The zero-order valence-corrected chi connectivity index (χ0v) is 45.1. The van der Waals surface area contributed by atoms with Crippen LogP contribution < -0.4 is 100 Å². The van der Waals surface area contributed by atoms with Crippen molar-refractivity contribution < 1.29 is 146 Å². The van der Waals surface area contributed by atoms with Gasteiger partial charge in [0.15, 0.2) is 29.2 Å². The van der Waals surface area contributed by atoms with Crippen LogP contribution in [0.4, 0.5) is 17.6 Å². The Labute approximate surface area is 430 Å². The van der Waals surface area contributed by atoms with Gasteiger partial charge >= 0.3 is 66.7 Å². The van der Waals surface area contributed by atoms with E-state index in [4.69, 9.17) is 14.4 Å². The molecule has 1 unspecified atom stereocenters. The predicted molar refractivity (Wildman–Crippen MR) is 223 cm³/mol. The number of nitrogens with one attached hydrogen (secondary N) is 2. The molecule has 0 aliphatic carbocycles. The van der Waals surface area contributed by atoms with Crippen molar-refractivity contribution in [2.75, 3.05) is 33.4 Å². The second kappa shape index (κ2) is 24.7. The maximum absolute atomic E-state index is 14.7. The Morgan fingerprint density at radius 2 is 1.00 bits per heavy atom. The number of hydroxylamine groups is 2. The van der Waals surface area contributed by atoms with Crippen LogP contribution in [0, 0.1) is 23.3 Å². The first kappa shape index (κ1) is 62.8. The van der Waals surface area contributed by atoms with Crippen LogP contribution >= 0.6 is 15.4 Å². The van der Waals surface area contributed by atoms with E-state index in [2.05, 4.69) is 9.25 Å². The Bertz CT molecular complexity index is 2760. The first-order chi connectivity index (χ1) is 30.2. The van der Waals surface area contributed by atoms with E-state index < -0.39 is 117 Å². The van der Waals surface area contributed by atoms with Crippen LogP contribution in [0.3, 0.4) is 0 Å². The standard InChI is InChI=1S/C19H23F2N2O8PS.C18H21F2N2O9PS.2Na/c1-19(33(4,28)29,18(25)22-31-32(3,26)27)7-8-23-11-16(21)14(10-17(23)24)13-6-5-12(30-2)9-15(13)20;1-18(33(3,28)29,17(24)21-31-32(25,26)27)6-7-22-10-15(20)13(9-16(22)23)12-5-4-11(30-2)8-14(12)19;;/h5-6,9-11H,7-8H2,1-4H3,(H,22,25)(H,26,27);4-5,8-10H,6-7H2,1-3H3,(H,21,24)(H2,25,26,27);;/q;;2*+1/p-2/t19-;18-;;/m11../s1. The van der Waals surface area contributed by atoms with Gasteiger partial charge in [-0.15, -0.1) is 0 Å². The summed E-state index contributed by atoms with van der Waals surface area (Å²) in [5, 5.41) is 0. The van der Waals surface area contributed by atoms with Gasteiger partial charge < -0.3 is 37.9 Å². The van der Waals surface area contributed by atoms with Gasteiger partial charge in [-0.3, -0.25) is 23.7 Å². The second-order valence-corrected chi connectivity index (χ2v) is 22.4. The van der Waals surface area contributed by atoms with Gasteiger partial charge in [-0.2, -0.15) is 4.62 Å². The molecule has 21 nitrogen and oxygen atoms in total. The third-order valence-electron chi connectivity index (χ3n) is 9.90. The summed E-state index contributed by atoms with van der Waals surface area (Å²) in [5.74, 6) is -5.98. The number of phosphoric acid groups is 1. The number of amides is 2. The summed E-state index contributed by atoms with van der Waals surface area (Å²) in [7, 11) is -15.5. The number of aromatic nitrogens is 2. The molecular formula is C37H42F4N4Na2O17P2S2. The smallest absolute Gasteiger partial charge is 0.788 e. The Hall–Kier alpha value is -3.24. The maximum Gasteiger partial charge on any atom is 1.00 e. The molecule has 2 aromatic heterocycles. The van der Waals surface area contributed by atoms with Crippen LogP contribution in [0.15, 0.2) is 70.5 Å². The summed E-state index contributed by atoms with van der Waals surface area (Å²) in [5.41, 5.74) is 0.229. The predicted octanol–water partition coefficient (Wildman–Crippen LogP) is -4.26. The number of ether oxygens (including phenoxy) is 2. The van der Waals surface area contributed by atoms with E-state index in [1.165, 1.54) is 44.0 Å². The molecule has 0 fully saturated rings. The average molecular weight is 1060 g/mol. The summed E-state index contributed by atoms with van der Waals surface area (Å²) in [6.07, 6.45) is 1.78. The summed E-state index contributed by atoms with van der Waals surface area (Å²) < 4.78 is 143.